The fraction of sp³-hybridized carbons (Fsp3) is 0.0556. The highest BCUT2D eigenvalue weighted by molar-refractivity contribution is 7.15. The van der Waals surface area contributed by atoms with Crippen LogP contribution >= 0.6 is 11.3 Å². The molecule has 22 heavy (non-hydrogen) atoms. The Hall–Kier alpha value is -2.59. The highest BCUT2D eigenvalue weighted by Crippen LogP contribution is 2.36. The van der Waals surface area contributed by atoms with Crippen molar-refractivity contribution < 1.29 is 4.74 Å². The lowest BCUT2D eigenvalue weighted by molar-refractivity contribution is 0.415. The summed E-state index contributed by atoms with van der Waals surface area (Å²) in [4.78, 5) is 1.24. The van der Waals surface area contributed by atoms with Gasteiger partial charge in [-0.15, -0.1) is 11.3 Å². The van der Waals surface area contributed by atoms with Gasteiger partial charge in [0.1, 0.15) is 5.75 Å². The number of nitrogens with zero attached hydrogens (tertiary/aromatic N) is 2. The third-order valence-electron chi connectivity index (χ3n) is 3.69. The maximum atomic E-state index is 5.22. The summed E-state index contributed by atoms with van der Waals surface area (Å²) < 4.78 is 7.21. The van der Waals surface area contributed by atoms with Crippen molar-refractivity contribution in [3.05, 3.63) is 66.2 Å². The molecule has 0 aliphatic rings. The van der Waals surface area contributed by atoms with E-state index < -0.39 is 0 Å². The number of hydrogen-bond acceptors (Lipinski definition) is 3. The van der Waals surface area contributed by atoms with E-state index in [9.17, 15) is 0 Å². The molecule has 108 valence electrons. The molecule has 0 saturated heterocycles. The Kier molecular flexibility index (Phi) is 3.16. The van der Waals surface area contributed by atoms with Crippen molar-refractivity contribution in [3.8, 4) is 21.9 Å². The van der Waals surface area contributed by atoms with Gasteiger partial charge in [0.15, 0.2) is 0 Å². The second-order valence-corrected chi connectivity index (χ2v) is 5.86. The molecule has 4 aromatic rings. The smallest absolute Gasteiger partial charge is 0.118 e. The van der Waals surface area contributed by atoms with Crippen LogP contribution in [-0.2, 0) is 0 Å². The highest BCUT2D eigenvalue weighted by atomic mass is 32.1. The molecule has 0 saturated carbocycles. The van der Waals surface area contributed by atoms with E-state index in [2.05, 4.69) is 34.7 Å². The van der Waals surface area contributed by atoms with Crippen LogP contribution in [0.1, 0.15) is 0 Å². The topological polar surface area (TPSA) is 27.1 Å². The van der Waals surface area contributed by atoms with E-state index in [1.165, 1.54) is 15.8 Å². The number of rotatable bonds is 3. The van der Waals surface area contributed by atoms with Gasteiger partial charge in [-0.3, -0.25) is 0 Å². The van der Waals surface area contributed by atoms with E-state index in [-0.39, 0.29) is 0 Å². The second kappa shape index (κ2) is 5.31. The zero-order chi connectivity index (χ0) is 14.9. The fourth-order valence-corrected chi connectivity index (χ4v) is 3.58. The lowest BCUT2D eigenvalue weighted by Gasteiger charge is -2.01. The van der Waals surface area contributed by atoms with E-state index in [4.69, 9.17) is 4.74 Å². The number of ether oxygens (including phenoxy) is 1. The minimum Gasteiger partial charge on any atom is -0.497 e. The summed E-state index contributed by atoms with van der Waals surface area (Å²) in [6.45, 7) is 0. The SMILES string of the molecule is COc1ccc(-c2scc3c2cnn3-c2ccccc2)cc1. The molecule has 2 aromatic carbocycles. The van der Waals surface area contributed by atoms with E-state index in [0.717, 1.165) is 17.0 Å². The van der Waals surface area contributed by atoms with Gasteiger partial charge in [-0.2, -0.15) is 5.10 Å². The van der Waals surface area contributed by atoms with Gasteiger partial charge in [-0.05, 0) is 42.0 Å². The summed E-state index contributed by atoms with van der Waals surface area (Å²) in [6, 6.07) is 18.4. The first-order valence-electron chi connectivity index (χ1n) is 7.02. The number of methoxy groups -OCH3 is 1. The largest absolute Gasteiger partial charge is 0.497 e. The number of para-hydroxylation sites is 1. The number of aromatic nitrogens is 2. The molecule has 0 unspecified atom stereocenters. The number of hydrogen-bond donors (Lipinski definition) is 0. The van der Waals surface area contributed by atoms with Gasteiger partial charge in [-0.25, -0.2) is 4.68 Å². The van der Waals surface area contributed by atoms with Crippen molar-refractivity contribution >= 4 is 22.2 Å². The Bertz CT molecular complexity index is 907. The van der Waals surface area contributed by atoms with Gasteiger partial charge >= 0.3 is 0 Å². The molecule has 0 N–H and O–H groups in total. The second-order valence-electron chi connectivity index (χ2n) is 4.98. The van der Waals surface area contributed by atoms with Crippen LogP contribution in [0.15, 0.2) is 66.2 Å². The predicted octanol–water partition coefficient (Wildman–Crippen LogP) is 4.76. The molecule has 0 aliphatic heterocycles. The number of benzene rings is 2. The van der Waals surface area contributed by atoms with Gasteiger partial charge in [0.25, 0.3) is 0 Å². The Morgan fingerprint density at radius 3 is 2.50 bits per heavy atom. The molecule has 0 aliphatic carbocycles. The lowest BCUT2D eigenvalue weighted by Crippen LogP contribution is -1.93. The van der Waals surface area contributed by atoms with Crippen molar-refractivity contribution in [3.63, 3.8) is 0 Å². The molecule has 0 fully saturated rings. The van der Waals surface area contributed by atoms with Crippen molar-refractivity contribution in [1.29, 1.82) is 0 Å². The highest BCUT2D eigenvalue weighted by Gasteiger charge is 2.12. The van der Waals surface area contributed by atoms with E-state index in [1.54, 1.807) is 18.4 Å². The van der Waals surface area contributed by atoms with Crippen molar-refractivity contribution in [2.75, 3.05) is 7.11 Å². The minimum atomic E-state index is 0.872. The van der Waals surface area contributed by atoms with Crippen molar-refractivity contribution in [2.24, 2.45) is 0 Å². The molecule has 2 aromatic heterocycles. The molecule has 4 heteroatoms. The average Bonchev–Trinajstić information content (AvgIpc) is 3.17. The molecule has 0 amide bonds. The predicted molar refractivity (Wildman–Crippen MR) is 90.9 cm³/mol. The van der Waals surface area contributed by atoms with Crippen LogP contribution in [0.4, 0.5) is 0 Å². The summed E-state index contributed by atoms with van der Waals surface area (Å²) in [7, 11) is 1.68. The molecule has 0 atom stereocenters. The Balaban J connectivity index is 1.82. The van der Waals surface area contributed by atoms with E-state index >= 15 is 0 Å². The molecule has 3 nitrogen and oxygen atoms in total. The molecular weight excluding hydrogens is 292 g/mol. The Morgan fingerprint density at radius 1 is 1.00 bits per heavy atom. The molecule has 2 heterocycles. The van der Waals surface area contributed by atoms with Crippen molar-refractivity contribution in [2.45, 2.75) is 0 Å². The summed E-state index contributed by atoms with van der Waals surface area (Å²) in [6.07, 6.45) is 1.94. The van der Waals surface area contributed by atoms with Crippen LogP contribution in [0.2, 0.25) is 0 Å². The first kappa shape index (κ1) is 13.1. The van der Waals surface area contributed by atoms with Gasteiger partial charge in [0.2, 0.25) is 0 Å². The number of fused-ring (bicyclic) bond motifs is 1. The Labute approximate surface area is 132 Å². The zero-order valence-corrected chi connectivity index (χ0v) is 12.9. The van der Waals surface area contributed by atoms with Crippen molar-refractivity contribution in [1.82, 2.24) is 9.78 Å². The molecule has 0 bridgehead atoms. The average molecular weight is 306 g/mol. The fourth-order valence-electron chi connectivity index (χ4n) is 2.57. The molecule has 0 spiro atoms. The van der Waals surface area contributed by atoms with Gasteiger partial charge in [0.05, 0.1) is 24.5 Å². The van der Waals surface area contributed by atoms with E-state index in [0.29, 0.717) is 0 Å². The van der Waals surface area contributed by atoms with Gasteiger partial charge in [0, 0.05) is 15.6 Å². The van der Waals surface area contributed by atoms with E-state index in [1.807, 2.05) is 41.2 Å². The third kappa shape index (κ3) is 2.09. The Morgan fingerprint density at radius 2 is 1.77 bits per heavy atom. The van der Waals surface area contributed by atoms with Crippen LogP contribution in [0.25, 0.3) is 27.0 Å². The van der Waals surface area contributed by atoms with Gasteiger partial charge < -0.3 is 4.74 Å². The monoisotopic (exact) mass is 306 g/mol. The summed E-state index contributed by atoms with van der Waals surface area (Å²) >= 11 is 1.74. The normalized spacial score (nSPS) is 11.0. The maximum absolute atomic E-state index is 5.22. The first-order chi connectivity index (χ1) is 10.9. The van der Waals surface area contributed by atoms with Crippen LogP contribution < -0.4 is 4.74 Å². The molecule has 4 rings (SSSR count). The van der Waals surface area contributed by atoms with Crippen LogP contribution in [0.5, 0.6) is 5.75 Å². The van der Waals surface area contributed by atoms with Crippen LogP contribution in [0, 0.1) is 0 Å². The standard InChI is InChI=1S/C18H14N2OS/c1-21-15-9-7-13(8-10-15)18-16-11-19-20(17(16)12-22-18)14-5-3-2-4-6-14/h2-12H,1H3. The third-order valence-corrected chi connectivity index (χ3v) is 4.72. The zero-order valence-electron chi connectivity index (χ0n) is 12.1. The van der Waals surface area contributed by atoms with Gasteiger partial charge in [-0.1, -0.05) is 18.2 Å². The summed E-state index contributed by atoms with van der Waals surface area (Å²) in [5, 5.41) is 7.89. The summed E-state index contributed by atoms with van der Waals surface area (Å²) in [5.41, 5.74) is 3.41. The first-order valence-corrected chi connectivity index (χ1v) is 7.90. The lowest BCUT2D eigenvalue weighted by atomic mass is 10.1. The summed E-state index contributed by atoms with van der Waals surface area (Å²) in [5.74, 6) is 0.872. The van der Waals surface area contributed by atoms with Crippen LogP contribution in [-0.4, -0.2) is 16.9 Å². The number of thiophene rings is 1. The minimum absolute atomic E-state index is 0.872. The molecular formula is C18H14N2OS. The molecule has 0 radical (unpaired) electrons. The quantitative estimate of drug-likeness (QED) is 0.545. The van der Waals surface area contributed by atoms with Crippen LogP contribution in [0.3, 0.4) is 0 Å². The maximum Gasteiger partial charge on any atom is 0.118 e.